The summed E-state index contributed by atoms with van der Waals surface area (Å²) in [5.41, 5.74) is -3.24. The summed E-state index contributed by atoms with van der Waals surface area (Å²) in [6.45, 7) is 0. The van der Waals surface area contributed by atoms with Crippen LogP contribution in [0.15, 0.2) is 15.9 Å². The molecular weight excluding hydrogens is 266 g/mol. The van der Waals surface area contributed by atoms with Gasteiger partial charge in [0.05, 0.1) is 0 Å². The highest BCUT2D eigenvalue weighted by atomic mass is 35.7. The van der Waals surface area contributed by atoms with Gasteiger partial charge in [-0.2, -0.15) is 5.26 Å². The minimum Gasteiger partial charge on any atom is -0.358 e. The van der Waals surface area contributed by atoms with Gasteiger partial charge in [-0.3, -0.25) is 4.79 Å². The van der Waals surface area contributed by atoms with Gasteiger partial charge in [-0.1, -0.05) is 0 Å². The van der Waals surface area contributed by atoms with Crippen LogP contribution in [0.1, 0.15) is 17.7 Å². The van der Waals surface area contributed by atoms with E-state index in [2.05, 4.69) is 0 Å². The summed E-state index contributed by atoms with van der Waals surface area (Å²) in [5, 5.41) is 8.50. The average molecular weight is 269 g/mol. The first-order valence-electron chi connectivity index (χ1n) is 3.67. The molecule has 0 radical (unpaired) electrons. The molecule has 0 fully saturated rings. The van der Waals surface area contributed by atoms with Gasteiger partial charge in [-0.15, -0.1) is 0 Å². The fourth-order valence-corrected chi connectivity index (χ4v) is 1.86. The predicted octanol–water partition coefficient (Wildman–Crippen LogP) is 1.11. The normalized spacial score (nSPS) is 11.4. The third kappa shape index (κ3) is 2.20. The maximum absolute atomic E-state index is 12.3. The smallest absolute Gasteiger partial charge is 0.279 e. The number of nitrogens with one attached hydrogen (secondary N) is 1. The molecule has 1 heterocycles. The van der Waals surface area contributed by atoms with Crippen molar-refractivity contribution >= 4 is 19.7 Å². The van der Waals surface area contributed by atoms with Crippen molar-refractivity contribution in [1.82, 2.24) is 4.98 Å². The molecule has 0 saturated carbocycles. The van der Waals surface area contributed by atoms with Crippen LogP contribution in [-0.2, 0) is 9.05 Å². The quantitative estimate of drug-likeness (QED) is 0.814. The van der Waals surface area contributed by atoms with Gasteiger partial charge in [-0.05, 0) is 0 Å². The molecule has 0 aliphatic rings. The summed E-state index contributed by atoms with van der Waals surface area (Å²) in [4.78, 5) is 12.3. The van der Waals surface area contributed by atoms with Gasteiger partial charge in [-0.25, -0.2) is 17.2 Å². The molecule has 0 spiro atoms. The van der Waals surface area contributed by atoms with Crippen molar-refractivity contribution in [2.24, 2.45) is 0 Å². The zero-order chi connectivity index (χ0) is 12.5. The molecule has 0 aromatic carbocycles. The molecule has 9 heteroatoms. The number of rotatable bonds is 2. The zero-order valence-electron chi connectivity index (χ0n) is 7.37. The zero-order valence-corrected chi connectivity index (χ0v) is 8.94. The van der Waals surface area contributed by atoms with Crippen molar-refractivity contribution in [3.8, 4) is 6.07 Å². The first-order valence-corrected chi connectivity index (χ1v) is 5.98. The number of halogens is 3. The Labute approximate surface area is 92.7 Å². The number of alkyl halides is 2. The number of nitrogens with zero attached hydrogens (tertiary/aromatic N) is 1. The summed E-state index contributed by atoms with van der Waals surface area (Å²) in [6.07, 6.45) is -2.55. The lowest BCUT2D eigenvalue weighted by molar-refractivity contribution is 0.145. The third-order valence-electron chi connectivity index (χ3n) is 1.67. The van der Waals surface area contributed by atoms with E-state index < -0.39 is 37.1 Å². The molecule has 0 bridgehead atoms. The summed E-state index contributed by atoms with van der Waals surface area (Å²) in [6, 6.07) is 1.21. The van der Waals surface area contributed by atoms with Crippen LogP contribution >= 0.6 is 10.7 Å². The number of aromatic amines is 1. The second kappa shape index (κ2) is 4.19. The molecular formula is C7H3ClF2N2O3S. The Morgan fingerprint density at radius 1 is 1.50 bits per heavy atom. The summed E-state index contributed by atoms with van der Waals surface area (Å²) >= 11 is 0. The molecule has 0 amide bonds. The highest BCUT2D eigenvalue weighted by molar-refractivity contribution is 8.13. The SMILES string of the molecule is N#Cc1c(C(F)F)[nH]cc(S(=O)(=O)Cl)c1=O. The Morgan fingerprint density at radius 2 is 2.06 bits per heavy atom. The Hall–Kier alpha value is -1.46. The van der Waals surface area contributed by atoms with Gasteiger partial charge >= 0.3 is 0 Å². The van der Waals surface area contributed by atoms with Gasteiger partial charge in [0.25, 0.3) is 15.5 Å². The van der Waals surface area contributed by atoms with Crippen LogP contribution in [0.2, 0.25) is 0 Å². The highest BCUT2D eigenvalue weighted by Gasteiger charge is 2.23. The fraction of sp³-hybridized carbons (Fsp3) is 0.143. The largest absolute Gasteiger partial charge is 0.358 e. The highest BCUT2D eigenvalue weighted by Crippen LogP contribution is 2.20. The predicted molar refractivity (Wildman–Crippen MR) is 49.8 cm³/mol. The maximum Gasteiger partial charge on any atom is 0.279 e. The lowest BCUT2D eigenvalue weighted by Crippen LogP contribution is -2.18. The third-order valence-corrected chi connectivity index (χ3v) is 3.00. The number of H-pyrrole nitrogens is 1. The summed E-state index contributed by atoms with van der Waals surface area (Å²) in [5.74, 6) is 0. The Bertz CT molecular complexity index is 617. The van der Waals surface area contributed by atoms with E-state index in [-0.39, 0.29) is 0 Å². The van der Waals surface area contributed by atoms with Crippen LogP contribution in [0.5, 0.6) is 0 Å². The molecule has 1 N–H and O–H groups in total. The molecule has 0 saturated heterocycles. The minimum atomic E-state index is -4.38. The van der Waals surface area contributed by atoms with Crippen molar-refractivity contribution in [3.63, 3.8) is 0 Å². The van der Waals surface area contributed by atoms with Crippen LogP contribution in [-0.4, -0.2) is 13.4 Å². The first-order chi connectivity index (χ1) is 7.29. The van der Waals surface area contributed by atoms with E-state index in [1.807, 2.05) is 4.98 Å². The van der Waals surface area contributed by atoms with Crippen LogP contribution in [0, 0.1) is 11.3 Å². The second-order valence-electron chi connectivity index (χ2n) is 2.62. The van der Waals surface area contributed by atoms with E-state index >= 15 is 0 Å². The summed E-state index contributed by atoms with van der Waals surface area (Å²) in [7, 11) is 0.504. The van der Waals surface area contributed by atoms with Gasteiger partial charge < -0.3 is 4.98 Å². The van der Waals surface area contributed by atoms with Crippen LogP contribution in [0.25, 0.3) is 0 Å². The van der Waals surface area contributed by atoms with Crippen LogP contribution < -0.4 is 5.43 Å². The maximum atomic E-state index is 12.3. The van der Waals surface area contributed by atoms with Gasteiger partial charge in [0.15, 0.2) is 0 Å². The van der Waals surface area contributed by atoms with Crippen molar-refractivity contribution in [1.29, 1.82) is 5.26 Å². The van der Waals surface area contributed by atoms with Crippen LogP contribution in [0.4, 0.5) is 8.78 Å². The van der Waals surface area contributed by atoms with E-state index in [9.17, 15) is 22.0 Å². The molecule has 0 unspecified atom stereocenters. The Morgan fingerprint density at radius 3 is 2.44 bits per heavy atom. The van der Waals surface area contributed by atoms with Gasteiger partial charge in [0.2, 0.25) is 5.43 Å². The first kappa shape index (κ1) is 12.6. The lowest BCUT2D eigenvalue weighted by atomic mass is 10.2. The molecule has 16 heavy (non-hydrogen) atoms. The molecule has 1 rings (SSSR count). The number of hydrogen-bond donors (Lipinski definition) is 1. The van der Waals surface area contributed by atoms with E-state index in [1.54, 1.807) is 0 Å². The molecule has 5 nitrogen and oxygen atoms in total. The van der Waals surface area contributed by atoms with Crippen molar-refractivity contribution in [3.05, 3.63) is 27.7 Å². The molecule has 1 aromatic heterocycles. The standard InChI is InChI=1S/C7H3ClF2N2O3S/c8-16(14,15)4-2-12-5(7(9)10)3(1-11)6(4)13/h2,7H,(H,12,13). The second-order valence-corrected chi connectivity index (χ2v) is 5.16. The lowest BCUT2D eigenvalue weighted by Gasteiger charge is -2.03. The van der Waals surface area contributed by atoms with Gasteiger partial charge in [0, 0.05) is 16.9 Å². The van der Waals surface area contributed by atoms with E-state index in [0.717, 1.165) is 0 Å². The van der Waals surface area contributed by atoms with Crippen molar-refractivity contribution in [2.45, 2.75) is 11.3 Å². The molecule has 86 valence electrons. The number of nitriles is 1. The number of pyridine rings is 1. The number of hydrogen-bond acceptors (Lipinski definition) is 4. The Balaban J connectivity index is 3.69. The molecule has 1 aromatic rings. The minimum absolute atomic E-state index is 0.535. The molecule has 0 aliphatic carbocycles. The van der Waals surface area contributed by atoms with Crippen molar-refractivity contribution in [2.75, 3.05) is 0 Å². The molecule has 0 atom stereocenters. The van der Waals surface area contributed by atoms with E-state index in [1.165, 1.54) is 6.07 Å². The van der Waals surface area contributed by atoms with Crippen LogP contribution in [0.3, 0.4) is 0 Å². The van der Waals surface area contributed by atoms with E-state index in [0.29, 0.717) is 6.20 Å². The molecule has 0 aliphatic heterocycles. The fourth-order valence-electron chi connectivity index (χ4n) is 0.991. The van der Waals surface area contributed by atoms with E-state index in [4.69, 9.17) is 15.9 Å². The Kier molecular flexibility index (Phi) is 3.30. The topological polar surface area (TPSA) is 90.8 Å². The number of aromatic nitrogens is 1. The monoisotopic (exact) mass is 268 g/mol. The average Bonchev–Trinajstić information content (AvgIpc) is 2.14. The van der Waals surface area contributed by atoms with Crippen molar-refractivity contribution < 1.29 is 17.2 Å². The van der Waals surface area contributed by atoms with Gasteiger partial charge in [0.1, 0.15) is 22.2 Å². The summed E-state index contributed by atoms with van der Waals surface area (Å²) < 4.78 is 46.3.